The van der Waals surface area contributed by atoms with E-state index in [9.17, 15) is 10.1 Å². The lowest BCUT2D eigenvalue weighted by atomic mass is 10.2. The zero-order chi connectivity index (χ0) is 9.14. The van der Waals surface area contributed by atoms with E-state index in [-0.39, 0.29) is 11.5 Å². The molecule has 0 spiro atoms. The Morgan fingerprint density at radius 3 is 2.92 bits per heavy atom. The van der Waals surface area contributed by atoms with Gasteiger partial charge < -0.3 is 5.73 Å². The zero-order valence-electron chi connectivity index (χ0n) is 6.23. The molecular formula is C7H7N3O2. The molecule has 0 radical (unpaired) electrons. The number of rotatable bonds is 2. The molecule has 0 atom stereocenters. The summed E-state index contributed by atoms with van der Waals surface area (Å²) in [6, 6.07) is 1.41. The highest BCUT2D eigenvalue weighted by molar-refractivity contribution is 5.61. The number of nitrogens with two attached hydrogens (primary N) is 1. The van der Waals surface area contributed by atoms with Crippen LogP contribution >= 0.6 is 0 Å². The average Bonchev–Trinajstić information content (AvgIpc) is 2.03. The molecule has 1 heterocycles. The molecular weight excluding hydrogens is 158 g/mol. The summed E-state index contributed by atoms with van der Waals surface area (Å²) in [7, 11) is 0. The van der Waals surface area contributed by atoms with Gasteiger partial charge in [-0.05, 0) is 6.07 Å². The number of nitrogens with zero attached hydrogens (tertiary/aromatic N) is 2. The summed E-state index contributed by atoms with van der Waals surface area (Å²) in [5.41, 5.74) is 5.62. The van der Waals surface area contributed by atoms with Gasteiger partial charge in [0.2, 0.25) is 0 Å². The predicted molar refractivity (Wildman–Crippen MR) is 45.4 cm³/mol. The highest BCUT2D eigenvalue weighted by atomic mass is 16.6. The Labute approximate surface area is 68.7 Å². The van der Waals surface area contributed by atoms with E-state index in [0.717, 1.165) is 6.20 Å². The highest BCUT2D eigenvalue weighted by Crippen LogP contribution is 2.19. The third-order valence-electron chi connectivity index (χ3n) is 1.35. The lowest BCUT2D eigenvalue weighted by Gasteiger charge is -1.96. The molecule has 0 aromatic carbocycles. The van der Waals surface area contributed by atoms with E-state index in [1.54, 1.807) is 0 Å². The second-order valence-electron chi connectivity index (χ2n) is 2.13. The van der Waals surface area contributed by atoms with E-state index in [4.69, 9.17) is 5.73 Å². The smallest absolute Gasteiger partial charge is 0.294 e. The molecule has 0 unspecified atom stereocenters. The van der Waals surface area contributed by atoms with E-state index in [1.807, 2.05) is 0 Å². The van der Waals surface area contributed by atoms with Crippen molar-refractivity contribution in [3.63, 3.8) is 0 Å². The van der Waals surface area contributed by atoms with Crippen LogP contribution in [0.3, 0.4) is 0 Å². The van der Waals surface area contributed by atoms with Gasteiger partial charge in [-0.15, -0.1) is 0 Å². The number of nitro groups is 1. The fourth-order valence-electron chi connectivity index (χ4n) is 0.797. The van der Waals surface area contributed by atoms with Crippen LogP contribution in [0.15, 0.2) is 18.8 Å². The zero-order valence-corrected chi connectivity index (χ0v) is 6.23. The number of hydrogen-bond acceptors (Lipinski definition) is 4. The molecule has 1 rings (SSSR count). The molecule has 0 fully saturated rings. The van der Waals surface area contributed by atoms with Crippen molar-refractivity contribution in [3.8, 4) is 0 Å². The van der Waals surface area contributed by atoms with Crippen LogP contribution in [-0.2, 0) is 0 Å². The van der Waals surface area contributed by atoms with Crippen LogP contribution in [-0.4, -0.2) is 9.91 Å². The SMILES string of the molecule is C=Cc1cc(N)ncc1[N+](=O)[O-]. The van der Waals surface area contributed by atoms with Crippen molar-refractivity contribution in [2.24, 2.45) is 0 Å². The van der Waals surface area contributed by atoms with Crippen LogP contribution < -0.4 is 5.73 Å². The fraction of sp³-hybridized carbons (Fsp3) is 0. The van der Waals surface area contributed by atoms with Gasteiger partial charge in [0.15, 0.2) is 0 Å². The van der Waals surface area contributed by atoms with Gasteiger partial charge in [-0.25, -0.2) is 4.98 Å². The second kappa shape index (κ2) is 3.00. The van der Waals surface area contributed by atoms with Gasteiger partial charge >= 0.3 is 0 Å². The number of pyridine rings is 1. The normalized spacial score (nSPS) is 9.33. The fourth-order valence-corrected chi connectivity index (χ4v) is 0.797. The van der Waals surface area contributed by atoms with Gasteiger partial charge in [-0.1, -0.05) is 12.7 Å². The Morgan fingerprint density at radius 1 is 1.75 bits per heavy atom. The minimum atomic E-state index is -0.524. The Bertz CT molecular complexity index is 335. The molecule has 0 saturated heterocycles. The van der Waals surface area contributed by atoms with Crippen LogP contribution in [0.5, 0.6) is 0 Å². The van der Waals surface area contributed by atoms with Crippen LogP contribution in [0, 0.1) is 10.1 Å². The van der Waals surface area contributed by atoms with E-state index in [2.05, 4.69) is 11.6 Å². The summed E-state index contributed by atoms with van der Waals surface area (Å²) >= 11 is 0. The van der Waals surface area contributed by atoms with Gasteiger partial charge in [0.1, 0.15) is 12.0 Å². The van der Waals surface area contributed by atoms with Crippen LogP contribution in [0.2, 0.25) is 0 Å². The van der Waals surface area contributed by atoms with Crippen molar-refractivity contribution in [1.82, 2.24) is 4.98 Å². The topological polar surface area (TPSA) is 82.0 Å². The number of hydrogen-bond donors (Lipinski definition) is 1. The van der Waals surface area contributed by atoms with Crippen molar-refractivity contribution >= 4 is 17.6 Å². The average molecular weight is 165 g/mol. The minimum absolute atomic E-state index is 0.0841. The third kappa shape index (κ3) is 1.39. The maximum Gasteiger partial charge on any atom is 0.294 e. The molecule has 1 aromatic rings. The molecule has 0 aliphatic carbocycles. The summed E-state index contributed by atoms with van der Waals surface area (Å²) < 4.78 is 0. The molecule has 62 valence electrons. The first-order valence-corrected chi connectivity index (χ1v) is 3.17. The Kier molecular flexibility index (Phi) is 2.05. The molecule has 0 saturated carbocycles. The van der Waals surface area contributed by atoms with Crippen LogP contribution in [0.1, 0.15) is 5.56 Å². The summed E-state index contributed by atoms with van der Waals surface area (Å²) in [6.45, 7) is 3.43. The lowest BCUT2D eigenvalue weighted by Crippen LogP contribution is -1.96. The minimum Gasteiger partial charge on any atom is -0.384 e. The van der Waals surface area contributed by atoms with Crippen LogP contribution in [0.4, 0.5) is 11.5 Å². The molecule has 0 aliphatic rings. The van der Waals surface area contributed by atoms with Crippen molar-refractivity contribution in [2.75, 3.05) is 5.73 Å². The first-order valence-electron chi connectivity index (χ1n) is 3.17. The Morgan fingerprint density at radius 2 is 2.42 bits per heavy atom. The van der Waals surface area contributed by atoms with E-state index in [1.165, 1.54) is 12.1 Å². The quantitative estimate of drug-likeness (QED) is 0.527. The second-order valence-corrected chi connectivity index (χ2v) is 2.13. The monoisotopic (exact) mass is 165 g/mol. The van der Waals surface area contributed by atoms with Gasteiger partial charge in [0.05, 0.1) is 10.5 Å². The first-order chi connectivity index (χ1) is 5.65. The van der Waals surface area contributed by atoms with E-state index in [0.29, 0.717) is 5.56 Å². The molecule has 5 nitrogen and oxygen atoms in total. The largest absolute Gasteiger partial charge is 0.384 e. The maximum absolute atomic E-state index is 10.4. The number of nitrogen functional groups attached to an aromatic ring is 1. The molecule has 12 heavy (non-hydrogen) atoms. The van der Waals surface area contributed by atoms with Gasteiger partial charge in [0, 0.05) is 0 Å². The molecule has 1 aromatic heterocycles. The standard InChI is InChI=1S/C7H7N3O2/c1-2-5-3-7(8)9-4-6(5)10(11)12/h2-4H,1H2,(H2,8,9). The number of anilines is 1. The van der Waals surface area contributed by atoms with E-state index >= 15 is 0 Å². The Balaban J connectivity index is 3.29. The summed E-state index contributed by atoms with van der Waals surface area (Å²) in [5.74, 6) is 0.246. The van der Waals surface area contributed by atoms with Crippen molar-refractivity contribution in [2.45, 2.75) is 0 Å². The van der Waals surface area contributed by atoms with Gasteiger partial charge in [0.25, 0.3) is 5.69 Å². The molecule has 0 aliphatic heterocycles. The molecule has 2 N–H and O–H groups in total. The summed E-state index contributed by atoms with van der Waals surface area (Å²) in [5, 5.41) is 10.4. The highest BCUT2D eigenvalue weighted by Gasteiger charge is 2.11. The first kappa shape index (κ1) is 8.19. The summed E-state index contributed by atoms with van der Waals surface area (Å²) in [4.78, 5) is 13.4. The Hall–Kier alpha value is -1.91. The van der Waals surface area contributed by atoms with Crippen molar-refractivity contribution < 1.29 is 4.92 Å². The molecule has 5 heteroatoms. The maximum atomic E-state index is 10.4. The third-order valence-corrected chi connectivity index (χ3v) is 1.35. The molecule has 0 bridgehead atoms. The van der Waals surface area contributed by atoms with E-state index < -0.39 is 4.92 Å². The van der Waals surface area contributed by atoms with Crippen molar-refractivity contribution in [1.29, 1.82) is 0 Å². The predicted octanol–water partition coefficient (Wildman–Crippen LogP) is 1.21. The van der Waals surface area contributed by atoms with Gasteiger partial charge in [-0.2, -0.15) is 0 Å². The van der Waals surface area contributed by atoms with Crippen molar-refractivity contribution in [3.05, 3.63) is 34.5 Å². The number of aromatic nitrogens is 1. The lowest BCUT2D eigenvalue weighted by molar-refractivity contribution is -0.385. The van der Waals surface area contributed by atoms with Crippen LogP contribution in [0.25, 0.3) is 6.08 Å². The molecule has 0 amide bonds. The summed E-state index contributed by atoms with van der Waals surface area (Å²) in [6.07, 6.45) is 2.49. The van der Waals surface area contributed by atoms with Gasteiger partial charge in [-0.3, -0.25) is 10.1 Å².